The number of hydrogen-bond acceptors (Lipinski definition) is 7. The van der Waals surface area contributed by atoms with Gasteiger partial charge in [0.2, 0.25) is 0 Å². The van der Waals surface area contributed by atoms with E-state index >= 15 is 0 Å². The van der Waals surface area contributed by atoms with Crippen LogP contribution in [0.5, 0.6) is 11.5 Å². The lowest BCUT2D eigenvalue weighted by atomic mass is 10.0. The number of nitrogens with zero attached hydrogens (tertiary/aromatic N) is 2. The van der Waals surface area contributed by atoms with Gasteiger partial charge in [-0.3, -0.25) is 9.69 Å². The lowest BCUT2D eigenvalue weighted by molar-refractivity contribution is 0.100. The van der Waals surface area contributed by atoms with Crippen molar-refractivity contribution < 1.29 is 18.7 Å². The molecule has 3 N–H and O–H groups in total. The molecule has 0 spiro atoms. The average molecular weight is 467 g/mol. The van der Waals surface area contributed by atoms with Crippen molar-refractivity contribution >= 4 is 23.0 Å². The van der Waals surface area contributed by atoms with Crippen LogP contribution < -0.4 is 20.5 Å². The van der Waals surface area contributed by atoms with E-state index in [2.05, 4.69) is 41.2 Å². The van der Waals surface area contributed by atoms with Gasteiger partial charge in [-0.15, -0.1) is 0 Å². The summed E-state index contributed by atoms with van der Waals surface area (Å²) in [7, 11) is 0. The molecule has 2 aromatic carbocycles. The second-order valence-corrected chi connectivity index (χ2v) is 9.18. The van der Waals surface area contributed by atoms with Gasteiger partial charge < -0.3 is 24.9 Å². The summed E-state index contributed by atoms with van der Waals surface area (Å²) in [6, 6.07) is 12.1. The zero-order valence-corrected chi connectivity index (χ0v) is 20.2. The number of nitrogens with one attached hydrogen (secondary N) is 1. The molecule has 1 fully saturated rings. The maximum Gasteiger partial charge on any atom is 0.295 e. The normalized spacial score (nSPS) is 15.1. The number of carbonyl (C=O) groups is 1. The highest BCUT2D eigenvalue weighted by Crippen LogP contribution is 2.27. The molecule has 1 aromatic heterocycles. The third kappa shape index (κ3) is 5.99. The highest BCUT2D eigenvalue weighted by molar-refractivity contribution is 6.03. The fourth-order valence-electron chi connectivity index (χ4n) is 4.20. The molecule has 3 aromatic rings. The van der Waals surface area contributed by atoms with E-state index in [-0.39, 0.29) is 6.04 Å². The summed E-state index contributed by atoms with van der Waals surface area (Å²) < 4.78 is 17.5. The number of anilines is 1. The lowest BCUT2D eigenvalue weighted by Crippen LogP contribution is -2.38. The number of rotatable bonds is 10. The van der Waals surface area contributed by atoms with Gasteiger partial charge >= 0.3 is 0 Å². The summed E-state index contributed by atoms with van der Waals surface area (Å²) in [5, 5.41) is 3.39. The van der Waals surface area contributed by atoms with Crippen LogP contribution in [0.4, 0.5) is 6.01 Å². The Bertz CT molecular complexity index is 1120. The molecule has 8 heteroatoms. The molecule has 34 heavy (non-hydrogen) atoms. The average Bonchev–Trinajstić information content (AvgIpc) is 3.21. The zero-order chi connectivity index (χ0) is 24.1. The Morgan fingerprint density at radius 1 is 1.21 bits per heavy atom. The molecular weight excluding hydrogens is 432 g/mol. The molecule has 182 valence electrons. The molecule has 0 unspecified atom stereocenters. The first-order valence-electron chi connectivity index (χ1n) is 12.0. The number of para-hydroxylation sites is 1. The fourth-order valence-corrected chi connectivity index (χ4v) is 4.20. The number of likely N-dealkylation sites (tertiary alicyclic amines) is 1. The van der Waals surface area contributed by atoms with Crippen LogP contribution in [0.2, 0.25) is 0 Å². The molecule has 0 bridgehead atoms. The number of benzene rings is 2. The third-order valence-corrected chi connectivity index (χ3v) is 5.84. The van der Waals surface area contributed by atoms with Gasteiger partial charge in [0.25, 0.3) is 11.9 Å². The number of fused-ring (bicyclic) bond motifs is 1. The summed E-state index contributed by atoms with van der Waals surface area (Å²) >= 11 is 0. The SMILES string of the molecule is CCOc1cc(CN2CCC(Nc3nc4c(C(N)=O)cccc4o3)CC2)cc(OCC(C)C)c1. The Hall–Kier alpha value is -3.26. The van der Waals surface area contributed by atoms with Gasteiger partial charge in [0.15, 0.2) is 5.58 Å². The standard InChI is InChI=1S/C26H34N4O4/c1-4-32-20-12-18(13-21(14-20)33-16-17(2)3)15-30-10-8-19(9-11-30)28-26-29-24-22(25(27)31)6-5-7-23(24)34-26/h5-7,12-14,17,19H,4,8-11,15-16H2,1-3H3,(H2,27,31)(H,28,29). The Kier molecular flexibility index (Phi) is 7.57. The second kappa shape index (κ2) is 10.8. The Morgan fingerprint density at radius 3 is 2.62 bits per heavy atom. The number of hydrogen-bond donors (Lipinski definition) is 2. The Labute approximate surface area is 200 Å². The number of aromatic nitrogens is 1. The minimum absolute atomic E-state index is 0.251. The van der Waals surface area contributed by atoms with E-state index in [4.69, 9.17) is 19.6 Å². The van der Waals surface area contributed by atoms with E-state index < -0.39 is 5.91 Å². The van der Waals surface area contributed by atoms with Gasteiger partial charge in [-0.25, -0.2) is 0 Å². The molecule has 0 aliphatic carbocycles. The summed E-state index contributed by atoms with van der Waals surface area (Å²) in [6.45, 7) is 10.3. The predicted octanol–water partition coefficient (Wildman–Crippen LogP) is 4.44. The molecular formula is C26H34N4O4. The first-order chi connectivity index (χ1) is 16.4. The molecule has 8 nitrogen and oxygen atoms in total. The maximum atomic E-state index is 11.6. The zero-order valence-electron chi connectivity index (χ0n) is 20.2. The first kappa shape index (κ1) is 23.9. The second-order valence-electron chi connectivity index (χ2n) is 9.18. The summed E-state index contributed by atoms with van der Waals surface area (Å²) in [6.07, 6.45) is 1.92. The molecule has 2 heterocycles. The highest BCUT2D eigenvalue weighted by Gasteiger charge is 2.22. The van der Waals surface area contributed by atoms with Gasteiger partial charge in [0, 0.05) is 31.7 Å². The van der Waals surface area contributed by atoms with Gasteiger partial charge in [-0.1, -0.05) is 19.9 Å². The Balaban J connectivity index is 1.35. The van der Waals surface area contributed by atoms with Crippen LogP contribution in [0.3, 0.4) is 0 Å². The van der Waals surface area contributed by atoms with Crippen LogP contribution in [0.15, 0.2) is 40.8 Å². The largest absolute Gasteiger partial charge is 0.494 e. The molecule has 1 aliphatic heterocycles. The Morgan fingerprint density at radius 2 is 1.94 bits per heavy atom. The monoisotopic (exact) mass is 466 g/mol. The van der Waals surface area contributed by atoms with E-state index in [9.17, 15) is 4.79 Å². The maximum absolute atomic E-state index is 11.6. The van der Waals surface area contributed by atoms with Crippen molar-refractivity contribution in [3.05, 3.63) is 47.5 Å². The summed E-state index contributed by atoms with van der Waals surface area (Å²) in [4.78, 5) is 18.5. The molecule has 1 saturated heterocycles. The van der Waals surface area contributed by atoms with E-state index in [0.29, 0.717) is 41.8 Å². The van der Waals surface area contributed by atoms with Gasteiger partial charge in [-0.05, 0) is 55.5 Å². The van der Waals surface area contributed by atoms with Crippen LogP contribution in [-0.4, -0.2) is 48.1 Å². The van der Waals surface area contributed by atoms with E-state index in [0.717, 1.165) is 44.0 Å². The first-order valence-corrected chi connectivity index (χ1v) is 12.0. The van der Waals surface area contributed by atoms with Crippen LogP contribution in [0, 0.1) is 5.92 Å². The quantitative estimate of drug-likeness (QED) is 0.455. The minimum Gasteiger partial charge on any atom is -0.494 e. The van der Waals surface area contributed by atoms with Crippen LogP contribution >= 0.6 is 0 Å². The molecule has 0 radical (unpaired) electrons. The molecule has 1 aliphatic rings. The van der Waals surface area contributed by atoms with Gasteiger partial charge in [0.05, 0.1) is 18.8 Å². The lowest BCUT2D eigenvalue weighted by Gasteiger charge is -2.32. The van der Waals surface area contributed by atoms with Crippen molar-refractivity contribution in [2.75, 3.05) is 31.6 Å². The van der Waals surface area contributed by atoms with E-state index in [1.165, 1.54) is 5.56 Å². The fraction of sp³-hybridized carbons (Fsp3) is 0.462. The number of ether oxygens (including phenoxy) is 2. The van der Waals surface area contributed by atoms with Gasteiger partial charge in [-0.2, -0.15) is 4.98 Å². The molecule has 1 amide bonds. The van der Waals surface area contributed by atoms with Crippen LogP contribution in [-0.2, 0) is 6.54 Å². The minimum atomic E-state index is -0.509. The number of nitrogens with two attached hydrogens (primary N) is 1. The number of amides is 1. The van der Waals surface area contributed by atoms with Crippen LogP contribution in [0.1, 0.15) is 49.5 Å². The van der Waals surface area contributed by atoms with Crippen LogP contribution in [0.25, 0.3) is 11.1 Å². The molecule has 0 atom stereocenters. The summed E-state index contributed by atoms with van der Waals surface area (Å²) in [5.41, 5.74) is 8.07. The summed E-state index contributed by atoms with van der Waals surface area (Å²) in [5.74, 6) is 1.67. The van der Waals surface area contributed by atoms with Gasteiger partial charge in [0.1, 0.15) is 17.0 Å². The van der Waals surface area contributed by atoms with Crippen molar-refractivity contribution in [2.45, 2.75) is 46.2 Å². The van der Waals surface area contributed by atoms with Crippen molar-refractivity contribution in [3.8, 4) is 11.5 Å². The van der Waals surface area contributed by atoms with Crippen molar-refractivity contribution in [3.63, 3.8) is 0 Å². The smallest absolute Gasteiger partial charge is 0.295 e. The predicted molar refractivity (Wildman–Crippen MR) is 132 cm³/mol. The third-order valence-electron chi connectivity index (χ3n) is 5.84. The number of carbonyl (C=O) groups excluding carboxylic acids is 1. The van der Waals surface area contributed by atoms with Crippen molar-refractivity contribution in [1.29, 1.82) is 0 Å². The number of primary amides is 1. The van der Waals surface area contributed by atoms with E-state index in [1.807, 2.05) is 13.0 Å². The number of piperidine rings is 1. The van der Waals surface area contributed by atoms with E-state index in [1.54, 1.807) is 18.2 Å². The van der Waals surface area contributed by atoms with Crippen molar-refractivity contribution in [2.24, 2.45) is 11.7 Å². The topological polar surface area (TPSA) is 103 Å². The number of oxazole rings is 1. The highest BCUT2D eigenvalue weighted by atomic mass is 16.5. The molecule has 0 saturated carbocycles. The molecule has 4 rings (SSSR count). The van der Waals surface area contributed by atoms with Crippen molar-refractivity contribution in [1.82, 2.24) is 9.88 Å².